The number of rotatable bonds is 4. The summed E-state index contributed by atoms with van der Waals surface area (Å²) in [6, 6.07) is 13.3. The van der Waals surface area contributed by atoms with E-state index in [0.717, 1.165) is 28.6 Å². The molecule has 4 heterocycles. The summed E-state index contributed by atoms with van der Waals surface area (Å²) in [6.45, 7) is 8.40. The Hall–Kier alpha value is -4.01. The lowest BCUT2D eigenvalue weighted by molar-refractivity contribution is 0.0736. The van der Waals surface area contributed by atoms with Crippen LogP contribution in [0.2, 0.25) is 0 Å². The molecule has 1 fully saturated rings. The molecule has 9 nitrogen and oxygen atoms in total. The van der Waals surface area contributed by atoms with Gasteiger partial charge in [-0.2, -0.15) is 0 Å². The van der Waals surface area contributed by atoms with Gasteiger partial charge in [0.05, 0.1) is 5.69 Å². The largest absolute Gasteiger partial charge is 0.355 e. The molecule has 1 saturated heterocycles. The second kappa shape index (κ2) is 8.50. The molecule has 1 aromatic carbocycles. The van der Waals surface area contributed by atoms with Crippen LogP contribution < -0.4 is 4.90 Å². The Labute approximate surface area is 191 Å². The van der Waals surface area contributed by atoms with Crippen molar-refractivity contribution < 1.29 is 9.32 Å². The molecule has 0 bridgehead atoms. The first-order chi connectivity index (χ1) is 16.0. The van der Waals surface area contributed by atoms with Crippen LogP contribution in [0.3, 0.4) is 0 Å². The molecule has 9 heteroatoms. The van der Waals surface area contributed by atoms with E-state index in [0.29, 0.717) is 43.5 Å². The van der Waals surface area contributed by atoms with Gasteiger partial charge in [0.15, 0.2) is 11.5 Å². The molecule has 1 amide bonds. The lowest BCUT2D eigenvalue weighted by atomic mass is 10.1. The Morgan fingerprint density at radius 2 is 1.67 bits per heavy atom. The minimum Gasteiger partial charge on any atom is -0.355 e. The fourth-order valence-corrected chi connectivity index (χ4v) is 3.97. The van der Waals surface area contributed by atoms with Gasteiger partial charge in [-0.25, -0.2) is 15.0 Å². The predicted octanol–water partition coefficient (Wildman–Crippen LogP) is 3.20. The summed E-state index contributed by atoms with van der Waals surface area (Å²) in [4.78, 5) is 30.6. The highest BCUT2D eigenvalue weighted by atomic mass is 16.5. The maximum absolute atomic E-state index is 13.0. The molecule has 33 heavy (non-hydrogen) atoms. The number of hydrogen-bond acceptors (Lipinski definition) is 7. The highest BCUT2D eigenvalue weighted by Crippen LogP contribution is 2.22. The molecule has 0 spiro atoms. The van der Waals surface area contributed by atoms with E-state index in [9.17, 15) is 4.79 Å². The van der Waals surface area contributed by atoms with Crippen molar-refractivity contribution in [2.75, 3.05) is 31.1 Å². The van der Waals surface area contributed by atoms with Gasteiger partial charge in [-0.15, -0.1) is 0 Å². The number of piperazine rings is 1. The molecule has 0 atom stereocenters. The summed E-state index contributed by atoms with van der Waals surface area (Å²) < 4.78 is 7.37. The molecule has 168 valence electrons. The summed E-state index contributed by atoms with van der Waals surface area (Å²) in [6.07, 6.45) is 1.79. The Bertz CT molecular complexity index is 1290. The van der Waals surface area contributed by atoms with Crippen molar-refractivity contribution in [2.24, 2.45) is 0 Å². The van der Waals surface area contributed by atoms with Crippen molar-refractivity contribution in [1.29, 1.82) is 0 Å². The monoisotopic (exact) mass is 443 g/mol. The maximum atomic E-state index is 13.0. The third kappa shape index (κ3) is 4.09. The van der Waals surface area contributed by atoms with Gasteiger partial charge in [0.25, 0.3) is 5.91 Å². The van der Waals surface area contributed by atoms with Crippen LogP contribution in [0.4, 0.5) is 5.82 Å². The molecule has 1 aliphatic heterocycles. The van der Waals surface area contributed by atoms with Crippen LogP contribution in [0.25, 0.3) is 17.1 Å². The van der Waals surface area contributed by atoms with Crippen molar-refractivity contribution >= 4 is 11.7 Å². The van der Waals surface area contributed by atoms with E-state index in [1.54, 1.807) is 12.4 Å². The zero-order chi connectivity index (χ0) is 22.9. The summed E-state index contributed by atoms with van der Waals surface area (Å²) in [7, 11) is 0. The third-order valence-electron chi connectivity index (χ3n) is 5.99. The Kier molecular flexibility index (Phi) is 5.37. The highest BCUT2D eigenvalue weighted by Gasteiger charge is 2.26. The lowest BCUT2D eigenvalue weighted by Crippen LogP contribution is -2.49. The predicted molar refractivity (Wildman–Crippen MR) is 123 cm³/mol. The smallest absolute Gasteiger partial charge is 0.276 e. The van der Waals surface area contributed by atoms with Gasteiger partial charge >= 0.3 is 0 Å². The summed E-state index contributed by atoms with van der Waals surface area (Å²) in [5.74, 6) is 2.81. The quantitative estimate of drug-likeness (QED) is 0.478. The minimum atomic E-state index is -0.121. The highest BCUT2D eigenvalue weighted by molar-refractivity contribution is 5.93. The third-order valence-corrected chi connectivity index (χ3v) is 5.99. The van der Waals surface area contributed by atoms with Crippen molar-refractivity contribution in [3.63, 3.8) is 0 Å². The first kappa shape index (κ1) is 20.9. The van der Waals surface area contributed by atoms with Gasteiger partial charge in [-0.05, 0) is 20.8 Å². The molecule has 0 unspecified atom stereocenters. The SMILES string of the molecule is Cc1nc(N2CCN(C(=O)c3cc(-c4ccccc4)on3)CC2)cc(-n2cnc(C)c2C)n1. The Morgan fingerprint density at radius 3 is 2.36 bits per heavy atom. The van der Waals surface area contributed by atoms with Gasteiger partial charge in [-0.1, -0.05) is 35.5 Å². The number of benzene rings is 1. The average molecular weight is 444 g/mol. The zero-order valence-electron chi connectivity index (χ0n) is 18.9. The van der Waals surface area contributed by atoms with Gasteiger partial charge < -0.3 is 14.3 Å². The number of aromatic nitrogens is 5. The van der Waals surface area contributed by atoms with E-state index < -0.39 is 0 Å². The molecule has 5 rings (SSSR count). The number of hydrogen-bond donors (Lipinski definition) is 0. The topological polar surface area (TPSA) is 93.2 Å². The molecule has 0 N–H and O–H groups in total. The van der Waals surface area contributed by atoms with E-state index >= 15 is 0 Å². The fourth-order valence-electron chi connectivity index (χ4n) is 3.97. The molecular weight excluding hydrogens is 418 g/mol. The second-order valence-electron chi connectivity index (χ2n) is 8.14. The van der Waals surface area contributed by atoms with Gasteiger partial charge in [-0.3, -0.25) is 9.36 Å². The van der Waals surface area contributed by atoms with Crippen LogP contribution in [-0.2, 0) is 0 Å². The lowest BCUT2D eigenvalue weighted by Gasteiger charge is -2.35. The standard InChI is InChI=1S/C24H25N7O2/c1-16-17(2)31(15-25-16)23-14-22(26-18(3)27-23)29-9-11-30(12-10-29)24(32)20-13-21(33-28-20)19-7-5-4-6-8-19/h4-8,13-15H,9-12H2,1-3H3. The summed E-state index contributed by atoms with van der Waals surface area (Å²) in [5.41, 5.74) is 3.25. The van der Waals surface area contributed by atoms with Crippen molar-refractivity contribution in [3.05, 3.63) is 71.7 Å². The summed E-state index contributed by atoms with van der Waals surface area (Å²) in [5, 5.41) is 4.00. The molecule has 3 aromatic heterocycles. The number of carbonyl (C=O) groups excluding carboxylic acids is 1. The van der Waals surface area contributed by atoms with Gasteiger partial charge in [0.1, 0.15) is 23.8 Å². The molecule has 0 saturated carbocycles. The van der Waals surface area contributed by atoms with E-state index in [-0.39, 0.29) is 5.91 Å². The number of carbonyl (C=O) groups is 1. The fraction of sp³-hybridized carbons (Fsp3) is 0.292. The van der Waals surface area contributed by atoms with E-state index in [4.69, 9.17) is 4.52 Å². The maximum Gasteiger partial charge on any atom is 0.276 e. The van der Waals surface area contributed by atoms with Gasteiger partial charge in [0.2, 0.25) is 0 Å². The molecule has 4 aromatic rings. The second-order valence-corrected chi connectivity index (χ2v) is 8.14. The van der Waals surface area contributed by atoms with E-state index in [1.807, 2.05) is 66.6 Å². The van der Waals surface area contributed by atoms with Crippen LogP contribution in [0.1, 0.15) is 27.7 Å². The molecule has 0 aliphatic carbocycles. The van der Waals surface area contributed by atoms with E-state index in [2.05, 4.69) is 25.0 Å². The minimum absolute atomic E-state index is 0.121. The Balaban J connectivity index is 1.28. The number of nitrogens with zero attached hydrogens (tertiary/aromatic N) is 7. The average Bonchev–Trinajstić information content (AvgIpc) is 3.46. The molecular formula is C24H25N7O2. The first-order valence-electron chi connectivity index (χ1n) is 10.9. The summed E-state index contributed by atoms with van der Waals surface area (Å²) >= 11 is 0. The molecule has 1 aliphatic rings. The van der Waals surface area contributed by atoms with Gasteiger partial charge in [0, 0.05) is 49.6 Å². The Morgan fingerprint density at radius 1 is 0.939 bits per heavy atom. The number of imidazole rings is 1. The van der Waals surface area contributed by atoms with Crippen molar-refractivity contribution in [3.8, 4) is 17.1 Å². The normalized spacial score (nSPS) is 14.0. The molecule has 0 radical (unpaired) electrons. The van der Waals surface area contributed by atoms with Crippen LogP contribution in [0.15, 0.2) is 53.3 Å². The van der Waals surface area contributed by atoms with Crippen LogP contribution >= 0.6 is 0 Å². The van der Waals surface area contributed by atoms with Crippen LogP contribution in [0.5, 0.6) is 0 Å². The van der Waals surface area contributed by atoms with Crippen molar-refractivity contribution in [2.45, 2.75) is 20.8 Å². The van der Waals surface area contributed by atoms with Crippen molar-refractivity contribution in [1.82, 2.24) is 29.6 Å². The van der Waals surface area contributed by atoms with Crippen LogP contribution in [-0.4, -0.2) is 61.7 Å². The van der Waals surface area contributed by atoms with Crippen LogP contribution in [0, 0.1) is 20.8 Å². The number of amides is 1. The number of anilines is 1. The first-order valence-corrected chi connectivity index (χ1v) is 10.9. The number of aryl methyl sites for hydroxylation is 2. The zero-order valence-corrected chi connectivity index (χ0v) is 18.9. The van der Waals surface area contributed by atoms with E-state index in [1.165, 1.54) is 0 Å².